The molecule has 0 radical (unpaired) electrons. The van der Waals surface area contributed by atoms with Crippen LogP contribution in [0.25, 0.3) is 0 Å². The van der Waals surface area contributed by atoms with Crippen LogP contribution in [0.5, 0.6) is 0 Å². The number of nitrogens with zero attached hydrogens (tertiary/aromatic N) is 4. The fourth-order valence-electron chi connectivity index (χ4n) is 4.57. The van der Waals surface area contributed by atoms with Crippen LogP contribution in [0.4, 0.5) is 11.5 Å². The maximum Gasteiger partial charge on any atom is 0.173 e. The summed E-state index contributed by atoms with van der Waals surface area (Å²) < 4.78 is 6.10. The number of anilines is 2. The Bertz CT molecular complexity index is 1050. The Morgan fingerprint density at radius 3 is 2.52 bits per heavy atom. The molecule has 0 amide bonds. The number of aromatic nitrogens is 1. The molecule has 7 heteroatoms. The van der Waals surface area contributed by atoms with Gasteiger partial charge < -0.3 is 19.9 Å². The Labute approximate surface area is 202 Å². The quantitative estimate of drug-likeness (QED) is 0.669. The number of para-hydroxylation sites is 1. The molecule has 0 saturated carbocycles. The Morgan fingerprint density at radius 2 is 1.88 bits per heavy atom. The lowest BCUT2D eigenvalue weighted by Crippen LogP contribution is -2.50. The van der Waals surface area contributed by atoms with E-state index in [2.05, 4.69) is 48.9 Å². The average Bonchev–Trinajstić information content (AvgIpc) is 2.78. The predicted molar refractivity (Wildman–Crippen MR) is 137 cm³/mol. The van der Waals surface area contributed by atoms with Crippen LogP contribution < -0.4 is 10.2 Å². The number of pyridine rings is 1. The van der Waals surface area contributed by atoms with Gasteiger partial charge in [-0.2, -0.15) is 5.26 Å². The molecule has 2 aliphatic heterocycles. The third kappa shape index (κ3) is 5.29. The van der Waals surface area contributed by atoms with E-state index >= 15 is 0 Å². The van der Waals surface area contributed by atoms with Crippen LogP contribution in [-0.2, 0) is 24.2 Å². The lowest BCUT2D eigenvalue weighted by molar-refractivity contribution is -0.0407. The second-order valence-corrected chi connectivity index (χ2v) is 10.3. The number of hydrogen-bond donors (Lipinski definition) is 1. The second-order valence-electron chi connectivity index (χ2n) is 9.92. The number of hydrogen-bond acceptors (Lipinski definition) is 5. The molecule has 174 valence electrons. The first-order valence-electron chi connectivity index (χ1n) is 11.7. The topological polar surface area (TPSA) is 64.4 Å². The van der Waals surface area contributed by atoms with Gasteiger partial charge in [-0.15, -0.1) is 0 Å². The van der Waals surface area contributed by atoms with Crippen LogP contribution in [0.2, 0.25) is 0 Å². The van der Waals surface area contributed by atoms with Crippen molar-refractivity contribution in [3.63, 3.8) is 0 Å². The highest BCUT2D eigenvalue weighted by atomic mass is 32.1. The monoisotopic (exact) mass is 463 g/mol. The number of ether oxygens (including phenoxy) is 1. The highest BCUT2D eigenvalue weighted by Crippen LogP contribution is 2.36. The molecule has 1 N–H and O–H groups in total. The molecule has 0 bridgehead atoms. The van der Waals surface area contributed by atoms with Gasteiger partial charge in [0.05, 0.1) is 17.8 Å². The summed E-state index contributed by atoms with van der Waals surface area (Å²) in [6, 6.07) is 12.5. The number of fused-ring (bicyclic) bond motifs is 1. The molecule has 0 spiro atoms. The number of nitriles is 1. The van der Waals surface area contributed by atoms with Crippen LogP contribution in [0.1, 0.15) is 50.1 Å². The summed E-state index contributed by atoms with van der Waals surface area (Å²) in [6.45, 7) is 12.3. The minimum Gasteiger partial charge on any atom is -0.370 e. The number of benzene rings is 1. The zero-order chi connectivity index (χ0) is 23.6. The van der Waals surface area contributed by atoms with Crippen molar-refractivity contribution in [2.45, 2.75) is 52.7 Å². The Morgan fingerprint density at radius 1 is 1.18 bits per heavy atom. The lowest BCUT2D eigenvalue weighted by Gasteiger charge is -2.39. The fraction of sp³-hybridized carbons (Fsp3) is 0.500. The van der Waals surface area contributed by atoms with Gasteiger partial charge in [0.25, 0.3) is 0 Å². The number of nitrogens with one attached hydrogen (secondary N) is 1. The SMILES string of the molecule is CC(C)Cc1nc(N2CCN(C(=S)Nc3ccccc3)CC2)c(C#N)c2c1COC(C)(C)C2. The van der Waals surface area contributed by atoms with E-state index in [1.54, 1.807) is 0 Å². The molecule has 0 aliphatic carbocycles. The van der Waals surface area contributed by atoms with E-state index in [0.29, 0.717) is 18.1 Å². The lowest BCUT2D eigenvalue weighted by atomic mass is 9.86. The number of thiocarbonyl (C=S) groups is 1. The van der Waals surface area contributed by atoms with E-state index in [0.717, 1.165) is 72.5 Å². The standard InChI is InChI=1S/C26H33N5OS/c1-18(2)14-23-22-17-32-26(3,4)15-20(22)21(16-27)24(29-23)30-10-12-31(13-11-30)25(33)28-19-8-6-5-7-9-19/h5-9,18H,10-15,17H2,1-4H3,(H,28,33). The maximum absolute atomic E-state index is 10.2. The van der Waals surface area contributed by atoms with Gasteiger partial charge in [0.15, 0.2) is 5.11 Å². The van der Waals surface area contributed by atoms with Crippen molar-refractivity contribution in [2.75, 3.05) is 36.4 Å². The molecule has 1 aromatic heterocycles. The van der Waals surface area contributed by atoms with Crippen LogP contribution in [0.3, 0.4) is 0 Å². The van der Waals surface area contributed by atoms with Crippen molar-refractivity contribution in [2.24, 2.45) is 5.92 Å². The van der Waals surface area contributed by atoms with Crippen LogP contribution in [-0.4, -0.2) is 46.8 Å². The molecule has 0 unspecified atom stereocenters. The average molecular weight is 464 g/mol. The largest absolute Gasteiger partial charge is 0.370 e. The molecule has 1 fully saturated rings. The maximum atomic E-state index is 10.2. The van der Waals surface area contributed by atoms with Gasteiger partial charge in [-0.1, -0.05) is 32.0 Å². The van der Waals surface area contributed by atoms with Crippen molar-refractivity contribution >= 4 is 28.8 Å². The summed E-state index contributed by atoms with van der Waals surface area (Å²) in [4.78, 5) is 9.51. The molecule has 2 aromatic rings. The summed E-state index contributed by atoms with van der Waals surface area (Å²) in [5, 5.41) is 14.2. The van der Waals surface area contributed by atoms with E-state index in [1.165, 1.54) is 0 Å². The first-order valence-corrected chi connectivity index (χ1v) is 12.1. The molecule has 3 heterocycles. The summed E-state index contributed by atoms with van der Waals surface area (Å²) in [7, 11) is 0. The molecule has 33 heavy (non-hydrogen) atoms. The zero-order valence-electron chi connectivity index (χ0n) is 20.0. The third-order valence-corrected chi connectivity index (χ3v) is 6.65. The van der Waals surface area contributed by atoms with Crippen LogP contribution in [0.15, 0.2) is 30.3 Å². The minimum absolute atomic E-state index is 0.277. The van der Waals surface area contributed by atoms with Gasteiger partial charge in [0.2, 0.25) is 0 Å². The van der Waals surface area contributed by atoms with Gasteiger partial charge in [-0.05, 0) is 56.1 Å². The van der Waals surface area contributed by atoms with E-state index in [-0.39, 0.29) is 5.60 Å². The molecule has 1 saturated heterocycles. The van der Waals surface area contributed by atoms with Crippen molar-refractivity contribution in [1.29, 1.82) is 5.26 Å². The Kier molecular flexibility index (Phi) is 6.87. The molecule has 1 aromatic carbocycles. The van der Waals surface area contributed by atoms with Crippen LogP contribution >= 0.6 is 12.2 Å². The summed E-state index contributed by atoms with van der Waals surface area (Å²) in [5.74, 6) is 1.31. The van der Waals surface area contributed by atoms with Crippen molar-refractivity contribution in [3.05, 3.63) is 52.7 Å². The van der Waals surface area contributed by atoms with Gasteiger partial charge in [0, 0.05) is 49.5 Å². The molecule has 2 aliphatic rings. The number of rotatable bonds is 4. The third-order valence-electron chi connectivity index (χ3n) is 6.29. The second kappa shape index (κ2) is 9.66. The highest BCUT2D eigenvalue weighted by molar-refractivity contribution is 7.80. The van der Waals surface area contributed by atoms with Gasteiger partial charge in [-0.25, -0.2) is 4.98 Å². The van der Waals surface area contributed by atoms with Gasteiger partial charge in [-0.3, -0.25) is 0 Å². The number of piperazine rings is 1. The van der Waals surface area contributed by atoms with Crippen molar-refractivity contribution < 1.29 is 4.74 Å². The first kappa shape index (κ1) is 23.5. The zero-order valence-corrected chi connectivity index (χ0v) is 20.8. The Balaban J connectivity index is 1.56. The van der Waals surface area contributed by atoms with Gasteiger partial charge >= 0.3 is 0 Å². The van der Waals surface area contributed by atoms with E-state index in [4.69, 9.17) is 21.9 Å². The predicted octanol–water partition coefficient (Wildman–Crippen LogP) is 4.52. The molecular weight excluding hydrogens is 430 g/mol. The molecule has 4 rings (SSSR count). The first-order chi connectivity index (χ1) is 15.8. The van der Waals surface area contributed by atoms with E-state index in [1.807, 2.05) is 30.3 Å². The van der Waals surface area contributed by atoms with E-state index < -0.39 is 0 Å². The smallest absolute Gasteiger partial charge is 0.173 e. The minimum atomic E-state index is -0.277. The summed E-state index contributed by atoms with van der Waals surface area (Å²) in [5.41, 5.74) is 4.75. The summed E-state index contributed by atoms with van der Waals surface area (Å²) >= 11 is 5.65. The normalized spacial score (nSPS) is 17.5. The van der Waals surface area contributed by atoms with E-state index in [9.17, 15) is 5.26 Å². The highest BCUT2D eigenvalue weighted by Gasteiger charge is 2.33. The molecule has 6 nitrogen and oxygen atoms in total. The molecular formula is C26H33N5OS. The summed E-state index contributed by atoms with van der Waals surface area (Å²) in [6.07, 6.45) is 1.62. The Hall–Kier alpha value is -2.69. The van der Waals surface area contributed by atoms with Crippen molar-refractivity contribution in [3.8, 4) is 6.07 Å². The van der Waals surface area contributed by atoms with Gasteiger partial charge in [0.1, 0.15) is 11.9 Å². The fourth-order valence-corrected chi connectivity index (χ4v) is 4.87. The molecule has 0 atom stereocenters. The van der Waals surface area contributed by atoms with Crippen molar-refractivity contribution in [1.82, 2.24) is 9.88 Å². The van der Waals surface area contributed by atoms with Crippen LogP contribution in [0, 0.1) is 17.2 Å².